The first-order valence-electron chi connectivity index (χ1n) is 5.70. The molecule has 19 heavy (non-hydrogen) atoms. The highest BCUT2D eigenvalue weighted by Gasteiger charge is 2.08. The van der Waals surface area contributed by atoms with Gasteiger partial charge < -0.3 is 16.8 Å². The summed E-state index contributed by atoms with van der Waals surface area (Å²) in [4.78, 5) is 11.2. The number of nitrogens with one attached hydrogen (secondary N) is 1. The zero-order chi connectivity index (χ0) is 14.0. The SMILES string of the molecule is Cc1cccc(Nc2cc(C(N)=O)ccc2N)c1Br. The number of halogens is 1. The Kier molecular flexibility index (Phi) is 3.76. The summed E-state index contributed by atoms with van der Waals surface area (Å²) in [5.74, 6) is -0.480. The van der Waals surface area contributed by atoms with E-state index >= 15 is 0 Å². The molecule has 0 aliphatic rings. The van der Waals surface area contributed by atoms with Gasteiger partial charge in [-0.15, -0.1) is 0 Å². The maximum absolute atomic E-state index is 11.2. The molecule has 0 aromatic heterocycles. The van der Waals surface area contributed by atoms with Crippen LogP contribution in [0.15, 0.2) is 40.9 Å². The molecule has 0 saturated heterocycles. The molecule has 2 aromatic carbocycles. The molecular formula is C14H14BrN3O. The number of carbonyl (C=O) groups is 1. The largest absolute Gasteiger partial charge is 0.397 e. The first kappa shape index (κ1) is 13.4. The molecule has 0 fully saturated rings. The van der Waals surface area contributed by atoms with Crippen molar-refractivity contribution in [3.05, 3.63) is 52.0 Å². The van der Waals surface area contributed by atoms with Gasteiger partial charge in [0.1, 0.15) is 0 Å². The minimum atomic E-state index is -0.480. The molecule has 0 saturated carbocycles. The lowest BCUT2D eigenvalue weighted by molar-refractivity contribution is 0.100. The zero-order valence-electron chi connectivity index (χ0n) is 10.4. The summed E-state index contributed by atoms with van der Waals surface area (Å²) in [5.41, 5.74) is 14.8. The molecule has 5 heteroatoms. The number of nitrogen functional groups attached to an aromatic ring is 1. The zero-order valence-corrected chi connectivity index (χ0v) is 12.0. The van der Waals surface area contributed by atoms with E-state index in [0.717, 1.165) is 15.7 Å². The van der Waals surface area contributed by atoms with E-state index < -0.39 is 5.91 Å². The molecule has 5 N–H and O–H groups in total. The van der Waals surface area contributed by atoms with Crippen molar-refractivity contribution in [3.63, 3.8) is 0 Å². The third kappa shape index (κ3) is 2.88. The second kappa shape index (κ2) is 5.32. The highest BCUT2D eigenvalue weighted by molar-refractivity contribution is 9.10. The molecule has 0 unspecified atom stereocenters. The molecule has 0 bridgehead atoms. The van der Waals surface area contributed by atoms with Crippen molar-refractivity contribution < 1.29 is 4.79 Å². The number of aryl methyl sites for hydroxylation is 1. The Morgan fingerprint density at radius 1 is 1.21 bits per heavy atom. The van der Waals surface area contributed by atoms with Crippen molar-refractivity contribution in [2.75, 3.05) is 11.1 Å². The molecule has 2 rings (SSSR count). The van der Waals surface area contributed by atoms with Gasteiger partial charge in [-0.25, -0.2) is 0 Å². The Morgan fingerprint density at radius 3 is 2.63 bits per heavy atom. The fourth-order valence-corrected chi connectivity index (χ4v) is 2.07. The van der Waals surface area contributed by atoms with Crippen molar-refractivity contribution in [2.24, 2.45) is 5.73 Å². The molecular weight excluding hydrogens is 306 g/mol. The standard InChI is InChI=1S/C14H14BrN3O/c1-8-3-2-4-11(13(8)15)18-12-7-9(14(17)19)5-6-10(12)16/h2-7,18H,16H2,1H3,(H2,17,19). The monoisotopic (exact) mass is 319 g/mol. The average Bonchev–Trinajstić information content (AvgIpc) is 2.37. The van der Waals surface area contributed by atoms with Crippen molar-refractivity contribution >= 4 is 38.9 Å². The van der Waals surface area contributed by atoms with E-state index in [2.05, 4.69) is 21.2 Å². The van der Waals surface area contributed by atoms with Crippen molar-refractivity contribution in [1.29, 1.82) is 0 Å². The molecule has 0 aliphatic carbocycles. The fraction of sp³-hybridized carbons (Fsp3) is 0.0714. The van der Waals surface area contributed by atoms with Gasteiger partial charge in [-0.1, -0.05) is 12.1 Å². The normalized spacial score (nSPS) is 10.2. The van der Waals surface area contributed by atoms with E-state index in [9.17, 15) is 4.79 Å². The smallest absolute Gasteiger partial charge is 0.248 e. The molecule has 0 aliphatic heterocycles. The first-order valence-corrected chi connectivity index (χ1v) is 6.50. The van der Waals surface area contributed by atoms with Gasteiger partial charge in [-0.2, -0.15) is 0 Å². The second-order valence-corrected chi connectivity index (χ2v) is 5.02. The quantitative estimate of drug-likeness (QED) is 0.760. The number of anilines is 3. The van der Waals surface area contributed by atoms with Gasteiger partial charge in [0.15, 0.2) is 0 Å². The number of rotatable bonds is 3. The average molecular weight is 320 g/mol. The van der Waals surface area contributed by atoms with Crippen LogP contribution in [-0.4, -0.2) is 5.91 Å². The lowest BCUT2D eigenvalue weighted by Crippen LogP contribution is -2.11. The fourth-order valence-electron chi connectivity index (χ4n) is 1.71. The molecule has 0 heterocycles. The van der Waals surface area contributed by atoms with Crippen LogP contribution < -0.4 is 16.8 Å². The van der Waals surface area contributed by atoms with Crippen LogP contribution in [0.1, 0.15) is 15.9 Å². The number of primary amides is 1. The number of nitrogens with two attached hydrogens (primary N) is 2. The van der Waals surface area contributed by atoms with Gasteiger partial charge >= 0.3 is 0 Å². The number of hydrogen-bond donors (Lipinski definition) is 3. The first-order chi connectivity index (χ1) is 8.99. The minimum absolute atomic E-state index is 0.417. The van der Waals surface area contributed by atoms with Gasteiger partial charge in [0, 0.05) is 10.0 Å². The maximum Gasteiger partial charge on any atom is 0.248 e. The summed E-state index contributed by atoms with van der Waals surface area (Å²) in [6.07, 6.45) is 0. The number of carbonyl (C=O) groups excluding carboxylic acids is 1. The summed E-state index contributed by atoms with van der Waals surface area (Å²) < 4.78 is 0.957. The van der Waals surface area contributed by atoms with E-state index in [-0.39, 0.29) is 0 Å². The summed E-state index contributed by atoms with van der Waals surface area (Å²) in [5, 5.41) is 3.20. The van der Waals surface area contributed by atoms with Gasteiger partial charge in [0.05, 0.1) is 17.1 Å². The lowest BCUT2D eigenvalue weighted by Gasteiger charge is -2.13. The number of amides is 1. The Balaban J connectivity index is 2.40. The molecule has 0 spiro atoms. The third-order valence-electron chi connectivity index (χ3n) is 2.80. The second-order valence-electron chi connectivity index (χ2n) is 4.23. The Bertz CT molecular complexity index is 641. The van der Waals surface area contributed by atoms with E-state index in [1.807, 2.05) is 25.1 Å². The molecule has 1 amide bonds. The van der Waals surface area contributed by atoms with Crippen molar-refractivity contribution in [1.82, 2.24) is 0 Å². The highest BCUT2D eigenvalue weighted by Crippen LogP contribution is 2.31. The topological polar surface area (TPSA) is 81.1 Å². The third-order valence-corrected chi connectivity index (χ3v) is 3.85. The van der Waals surface area contributed by atoms with Crippen LogP contribution in [0.25, 0.3) is 0 Å². The van der Waals surface area contributed by atoms with E-state index in [0.29, 0.717) is 16.9 Å². The predicted molar refractivity (Wildman–Crippen MR) is 81.5 cm³/mol. The maximum atomic E-state index is 11.2. The van der Waals surface area contributed by atoms with Gasteiger partial charge in [0.25, 0.3) is 0 Å². The van der Waals surface area contributed by atoms with Crippen LogP contribution in [0, 0.1) is 6.92 Å². The van der Waals surface area contributed by atoms with Gasteiger partial charge in [-0.05, 0) is 52.7 Å². The molecule has 0 radical (unpaired) electrons. The molecule has 2 aromatic rings. The summed E-state index contributed by atoms with van der Waals surface area (Å²) in [6.45, 7) is 2.00. The van der Waals surface area contributed by atoms with E-state index in [1.54, 1.807) is 18.2 Å². The molecule has 98 valence electrons. The number of benzene rings is 2. The Hall–Kier alpha value is -2.01. The minimum Gasteiger partial charge on any atom is -0.397 e. The van der Waals surface area contributed by atoms with Crippen LogP contribution in [0.4, 0.5) is 17.1 Å². The van der Waals surface area contributed by atoms with E-state index in [1.165, 1.54) is 0 Å². The molecule has 4 nitrogen and oxygen atoms in total. The van der Waals surface area contributed by atoms with Crippen molar-refractivity contribution in [3.8, 4) is 0 Å². The van der Waals surface area contributed by atoms with Crippen molar-refractivity contribution in [2.45, 2.75) is 6.92 Å². The van der Waals surface area contributed by atoms with Gasteiger partial charge in [0.2, 0.25) is 5.91 Å². The lowest BCUT2D eigenvalue weighted by atomic mass is 10.1. The predicted octanol–water partition coefficient (Wildman–Crippen LogP) is 3.18. The van der Waals surface area contributed by atoms with Crippen LogP contribution in [0.2, 0.25) is 0 Å². The van der Waals surface area contributed by atoms with Gasteiger partial charge in [-0.3, -0.25) is 4.79 Å². The van der Waals surface area contributed by atoms with Crippen LogP contribution >= 0.6 is 15.9 Å². The number of hydrogen-bond acceptors (Lipinski definition) is 3. The summed E-state index contributed by atoms with van der Waals surface area (Å²) >= 11 is 3.51. The van der Waals surface area contributed by atoms with E-state index in [4.69, 9.17) is 11.5 Å². The summed E-state index contributed by atoms with van der Waals surface area (Å²) in [6, 6.07) is 10.8. The molecule has 0 atom stereocenters. The summed E-state index contributed by atoms with van der Waals surface area (Å²) in [7, 11) is 0. The van der Waals surface area contributed by atoms with Crippen LogP contribution in [0.5, 0.6) is 0 Å². The highest BCUT2D eigenvalue weighted by atomic mass is 79.9. The Labute approximate surface area is 119 Å². The van der Waals surface area contributed by atoms with Crippen LogP contribution in [0.3, 0.4) is 0 Å². The Morgan fingerprint density at radius 2 is 1.95 bits per heavy atom. The van der Waals surface area contributed by atoms with Crippen LogP contribution in [-0.2, 0) is 0 Å².